The summed E-state index contributed by atoms with van der Waals surface area (Å²) in [4.78, 5) is 14.4. The first kappa shape index (κ1) is 13.4. The molecule has 0 spiro atoms. The SMILES string of the molecule is CN1CCC(C)(CNC(=O)C2(C#N)CCC2)CC1. The average Bonchev–Trinajstić information content (AvgIpc) is 2.30. The standard InChI is InChI=1S/C14H23N3O/c1-13(6-8-17(2)9-7-13)11-16-12(18)14(10-15)4-3-5-14/h3-9,11H2,1-2H3,(H,16,18). The Bertz CT molecular complexity index is 360. The fourth-order valence-corrected chi connectivity index (χ4v) is 2.72. The summed E-state index contributed by atoms with van der Waals surface area (Å²) in [6.45, 7) is 5.13. The fraction of sp³-hybridized carbons (Fsp3) is 0.857. The van der Waals surface area contributed by atoms with Gasteiger partial charge < -0.3 is 10.2 Å². The van der Waals surface area contributed by atoms with Crippen LogP contribution in [-0.4, -0.2) is 37.5 Å². The zero-order chi connectivity index (χ0) is 13.2. The maximum absolute atomic E-state index is 12.1. The van der Waals surface area contributed by atoms with Crippen LogP contribution in [0, 0.1) is 22.2 Å². The van der Waals surface area contributed by atoms with Gasteiger partial charge in [-0.3, -0.25) is 4.79 Å². The molecule has 4 heteroatoms. The van der Waals surface area contributed by atoms with Gasteiger partial charge in [-0.1, -0.05) is 6.92 Å². The molecule has 0 atom stereocenters. The first-order valence-corrected chi connectivity index (χ1v) is 6.88. The van der Waals surface area contributed by atoms with E-state index >= 15 is 0 Å². The number of nitrogens with zero attached hydrogens (tertiary/aromatic N) is 2. The Hall–Kier alpha value is -1.08. The summed E-state index contributed by atoms with van der Waals surface area (Å²) in [5.74, 6) is -0.0450. The number of amides is 1. The Morgan fingerprint density at radius 1 is 1.33 bits per heavy atom. The molecule has 0 unspecified atom stereocenters. The van der Waals surface area contributed by atoms with Crippen molar-refractivity contribution in [2.75, 3.05) is 26.7 Å². The summed E-state index contributed by atoms with van der Waals surface area (Å²) in [5.41, 5.74) is -0.510. The highest BCUT2D eigenvalue weighted by atomic mass is 16.2. The monoisotopic (exact) mass is 249 g/mol. The molecule has 2 fully saturated rings. The molecule has 1 saturated carbocycles. The van der Waals surface area contributed by atoms with Gasteiger partial charge in [0, 0.05) is 6.54 Å². The zero-order valence-corrected chi connectivity index (χ0v) is 11.5. The predicted octanol–water partition coefficient (Wildman–Crippen LogP) is 1.53. The minimum atomic E-state index is -0.707. The van der Waals surface area contributed by atoms with Crippen molar-refractivity contribution in [1.82, 2.24) is 10.2 Å². The second-order valence-corrected chi connectivity index (χ2v) is 6.34. The van der Waals surface area contributed by atoms with Gasteiger partial charge in [-0.2, -0.15) is 5.26 Å². The van der Waals surface area contributed by atoms with Crippen LogP contribution in [0.4, 0.5) is 0 Å². The Labute approximate surface area is 109 Å². The van der Waals surface area contributed by atoms with Crippen molar-refractivity contribution >= 4 is 5.91 Å². The number of nitrogens with one attached hydrogen (secondary N) is 1. The minimum Gasteiger partial charge on any atom is -0.354 e. The normalized spacial score (nSPS) is 25.8. The molecular formula is C14H23N3O. The van der Waals surface area contributed by atoms with Gasteiger partial charge in [-0.05, 0) is 57.7 Å². The lowest BCUT2D eigenvalue weighted by Gasteiger charge is -2.39. The van der Waals surface area contributed by atoms with Crippen molar-refractivity contribution in [3.05, 3.63) is 0 Å². The molecule has 18 heavy (non-hydrogen) atoms. The van der Waals surface area contributed by atoms with E-state index in [0.717, 1.165) is 45.2 Å². The summed E-state index contributed by atoms with van der Waals surface area (Å²) in [6, 6.07) is 2.20. The smallest absolute Gasteiger partial charge is 0.240 e. The van der Waals surface area contributed by atoms with Gasteiger partial charge in [0.1, 0.15) is 5.41 Å². The van der Waals surface area contributed by atoms with E-state index in [9.17, 15) is 4.79 Å². The van der Waals surface area contributed by atoms with Gasteiger partial charge in [-0.25, -0.2) is 0 Å². The molecule has 100 valence electrons. The summed E-state index contributed by atoms with van der Waals surface area (Å²) in [7, 11) is 2.14. The number of nitriles is 1. The van der Waals surface area contributed by atoms with Gasteiger partial charge in [-0.15, -0.1) is 0 Å². The van der Waals surface area contributed by atoms with Crippen molar-refractivity contribution < 1.29 is 4.79 Å². The second-order valence-electron chi connectivity index (χ2n) is 6.34. The van der Waals surface area contributed by atoms with Gasteiger partial charge in [0.15, 0.2) is 0 Å². The molecule has 2 rings (SSSR count). The molecule has 4 nitrogen and oxygen atoms in total. The van der Waals surface area contributed by atoms with Crippen molar-refractivity contribution in [2.45, 2.75) is 39.0 Å². The van der Waals surface area contributed by atoms with Gasteiger partial charge >= 0.3 is 0 Å². The van der Waals surface area contributed by atoms with Crippen molar-refractivity contribution in [3.63, 3.8) is 0 Å². The minimum absolute atomic E-state index is 0.0450. The van der Waals surface area contributed by atoms with Crippen molar-refractivity contribution in [3.8, 4) is 6.07 Å². The molecule has 0 aromatic rings. The first-order valence-electron chi connectivity index (χ1n) is 6.88. The second kappa shape index (κ2) is 4.89. The molecule has 1 amide bonds. The van der Waals surface area contributed by atoms with E-state index in [1.54, 1.807) is 0 Å². The van der Waals surface area contributed by atoms with Crippen LogP contribution in [0.15, 0.2) is 0 Å². The molecule has 1 N–H and O–H groups in total. The van der Waals surface area contributed by atoms with Gasteiger partial charge in [0.05, 0.1) is 6.07 Å². The molecule has 1 aliphatic heterocycles. The Balaban J connectivity index is 1.84. The van der Waals surface area contributed by atoms with Crippen LogP contribution < -0.4 is 5.32 Å². The largest absolute Gasteiger partial charge is 0.354 e. The summed E-state index contributed by atoms with van der Waals surface area (Å²) < 4.78 is 0. The average molecular weight is 249 g/mol. The summed E-state index contributed by atoms with van der Waals surface area (Å²) in [6.07, 6.45) is 4.69. The molecule has 1 heterocycles. The van der Waals surface area contributed by atoms with Crippen LogP contribution in [-0.2, 0) is 4.79 Å². The number of rotatable bonds is 3. The van der Waals surface area contributed by atoms with E-state index < -0.39 is 5.41 Å². The molecule has 0 aromatic carbocycles. The number of carbonyl (C=O) groups is 1. The topological polar surface area (TPSA) is 56.1 Å². The van der Waals surface area contributed by atoms with Crippen LogP contribution in [0.2, 0.25) is 0 Å². The molecule has 2 aliphatic rings. The number of hydrogen-bond donors (Lipinski definition) is 1. The lowest BCUT2D eigenvalue weighted by molar-refractivity contribution is -0.132. The zero-order valence-electron chi connectivity index (χ0n) is 11.5. The quantitative estimate of drug-likeness (QED) is 0.825. The molecular weight excluding hydrogens is 226 g/mol. The highest BCUT2D eigenvalue weighted by Crippen LogP contribution is 2.40. The Kier molecular flexibility index (Phi) is 3.63. The lowest BCUT2D eigenvalue weighted by atomic mass is 9.69. The van der Waals surface area contributed by atoms with E-state index in [1.807, 2.05) is 0 Å². The maximum atomic E-state index is 12.1. The summed E-state index contributed by atoms with van der Waals surface area (Å²) in [5, 5.41) is 12.1. The maximum Gasteiger partial charge on any atom is 0.240 e. The molecule has 0 bridgehead atoms. The third kappa shape index (κ3) is 2.51. The molecule has 1 saturated heterocycles. The highest BCUT2D eigenvalue weighted by molar-refractivity contribution is 5.86. The van der Waals surface area contributed by atoms with E-state index in [-0.39, 0.29) is 11.3 Å². The molecule has 1 aliphatic carbocycles. The van der Waals surface area contributed by atoms with Crippen molar-refractivity contribution in [1.29, 1.82) is 5.26 Å². The summed E-state index contributed by atoms with van der Waals surface area (Å²) >= 11 is 0. The molecule has 0 radical (unpaired) electrons. The van der Waals surface area contributed by atoms with Crippen LogP contribution in [0.1, 0.15) is 39.0 Å². The fourth-order valence-electron chi connectivity index (χ4n) is 2.72. The lowest BCUT2D eigenvalue weighted by Crippen LogP contribution is -2.49. The van der Waals surface area contributed by atoms with Crippen LogP contribution in [0.3, 0.4) is 0 Å². The van der Waals surface area contributed by atoms with Crippen LogP contribution >= 0.6 is 0 Å². The van der Waals surface area contributed by atoms with E-state index in [4.69, 9.17) is 5.26 Å². The number of carbonyl (C=O) groups excluding carboxylic acids is 1. The predicted molar refractivity (Wildman–Crippen MR) is 69.7 cm³/mol. The number of hydrogen-bond acceptors (Lipinski definition) is 3. The van der Waals surface area contributed by atoms with Crippen LogP contribution in [0.5, 0.6) is 0 Å². The van der Waals surface area contributed by atoms with Crippen LogP contribution in [0.25, 0.3) is 0 Å². The Morgan fingerprint density at radius 2 is 1.94 bits per heavy atom. The van der Waals surface area contributed by atoms with E-state index in [2.05, 4.69) is 30.3 Å². The van der Waals surface area contributed by atoms with E-state index in [0.29, 0.717) is 6.54 Å². The Morgan fingerprint density at radius 3 is 2.39 bits per heavy atom. The first-order chi connectivity index (χ1) is 8.50. The van der Waals surface area contributed by atoms with Crippen molar-refractivity contribution in [2.24, 2.45) is 10.8 Å². The number of likely N-dealkylation sites (tertiary alicyclic amines) is 1. The van der Waals surface area contributed by atoms with Gasteiger partial charge in [0.2, 0.25) is 5.91 Å². The molecule has 0 aromatic heterocycles. The third-order valence-electron chi connectivity index (χ3n) is 4.73. The van der Waals surface area contributed by atoms with E-state index in [1.165, 1.54) is 0 Å². The third-order valence-corrected chi connectivity index (χ3v) is 4.73. The highest BCUT2D eigenvalue weighted by Gasteiger charge is 2.45. The van der Waals surface area contributed by atoms with Gasteiger partial charge in [0.25, 0.3) is 0 Å². The number of piperidine rings is 1.